The molecule has 0 fully saturated rings. The van der Waals surface area contributed by atoms with Crippen molar-refractivity contribution in [3.8, 4) is 16.5 Å². The number of aromatic nitrogens is 3. The highest BCUT2D eigenvalue weighted by Crippen LogP contribution is 2.26. The van der Waals surface area contributed by atoms with Crippen molar-refractivity contribution in [3.63, 3.8) is 0 Å². The van der Waals surface area contributed by atoms with Gasteiger partial charge in [-0.2, -0.15) is 5.10 Å². The van der Waals surface area contributed by atoms with Crippen molar-refractivity contribution in [1.29, 1.82) is 0 Å². The summed E-state index contributed by atoms with van der Waals surface area (Å²) in [5.74, 6) is 1.08. The van der Waals surface area contributed by atoms with Gasteiger partial charge in [0, 0.05) is 18.1 Å². The number of hydrogen-bond donors (Lipinski definition) is 1. The van der Waals surface area contributed by atoms with E-state index in [2.05, 4.69) is 15.4 Å². The summed E-state index contributed by atoms with van der Waals surface area (Å²) in [6, 6.07) is 13.3. The number of aryl methyl sites for hydroxylation is 1. The van der Waals surface area contributed by atoms with Crippen LogP contribution in [0.4, 0.5) is 5.69 Å². The molecule has 4 rings (SSSR count). The van der Waals surface area contributed by atoms with E-state index >= 15 is 0 Å². The number of hydrogen-bond acceptors (Lipinski definition) is 5. The van der Waals surface area contributed by atoms with Gasteiger partial charge >= 0.3 is 0 Å². The summed E-state index contributed by atoms with van der Waals surface area (Å²) in [5, 5.41) is 9.07. The van der Waals surface area contributed by atoms with Crippen molar-refractivity contribution in [2.45, 2.75) is 13.3 Å². The van der Waals surface area contributed by atoms with Crippen LogP contribution in [-0.2, 0) is 11.2 Å². The Morgan fingerprint density at radius 1 is 1.27 bits per heavy atom. The molecular weight excluding hydrogens is 348 g/mol. The zero-order chi connectivity index (χ0) is 17.9. The first kappa shape index (κ1) is 16.3. The van der Waals surface area contributed by atoms with Crippen LogP contribution < -0.4 is 5.32 Å². The van der Waals surface area contributed by atoms with Crippen molar-refractivity contribution in [2.75, 3.05) is 5.32 Å². The molecule has 0 aliphatic rings. The Bertz CT molecular complexity index is 1020. The second-order valence-electron chi connectivity index (χ2n) is 5.73. The van der Waals surface area contributed by atoms with Gasteiger partial charge < -0.3 is 9.73 Å². The predicted molar refractivity (Wildman–Crippen MR) is 100 cm³/mol. The summed E-state index contributed by atoms with van der Waals surface area (Å²) in [4.78, 5) is 17.8. The molecule has 4 aromatic rings. The van der Waals surface area contributed by atoms with Crippen LogP contribution in [0.25, 0.3) is 16.5 Å². The average Bonchev–Trinajstić information content (AvgIpc) is 3.37. The minimum atomic E-state index is -0.142. The number of oxazole rings is 1. The maximum atomic E-state index is 12.4. The topological polar surface area (TPSA) is 73.0 Å². The Hall–Kier alpha value is -3.19. The van der Waals surface area contributed by atoms with Crippen LogP contribution in [0.5, 0.6) is 0 Å². The Kier molecular flexibility index (Phi) is 4.37. The molecule has 3 heterocycles. The van der Waals surface area contributed by atoms with Gasteiger partial charge in [0.25, 0.3) is 0 Å². The molecule has 0 spiro atoms. The van der Waals surface area contributed by atoms with Crippen LogP contribution in [0.2, 0.25) is 0 Å². The van der Waals surface area contributed by atoms with E-state index in [-0.39, 0.29) is 12.3 Å². The van der Waals surface area contributed by atoms with Crippen molar-refractivity contribution >= 4 is 22.9 Å². The fourth-order valence-corrected chi connectivity index (χ4v) is 3.25. The molecule has 7 heteroatoms. The van der Waals surface area contributed by atoms with Gasteiger partial charge in [0.1, 0.15) is 5.76 Å². The number of carbonyl (C=O) groups is 1. The third-order valence-corrected chi connectivity index (χ3v) is 4.71. The van der Waals surface area contributed by atoms with Crippen LogP contribution in [0.15, 0.2) is 64.7 Å². The van der Waals surface area contributed by atoms with E-state index in [1.807, 2.05) is 61.0 Å². The van der Waals surface area contributed by atoms with Crippen LogP contribution >= 0.6 is 11.3 Å². The number of anilines is 1. The number of benzene rings is 1. The monoisotopic (exact) mass is 364 g/mol. The highest BCUT2D eigenvalue weighted by atomic mass is 32.1. The Labute approximate surface area is 154 Å². The fraction of sp³-hybridized carbons (Fsp3) is 0.105. The van der Waals surface area contributed by atoms with E-state index in [1.54, 1.807) is 22.2 Å². The molecule has 0 aliphatic heterocycles. The van der Waals surface area contributed by atoms with Crippen LogP contribution in [0, 0.1) is 6.92 Å². The quantitative estimate of drug-likeness (QED) is 0.579. The van der Waals surface area contributed by atoms with E-state index in [0.717, 1.165) is 10.6 Å². The number of thiophene rings is 1. The van der Waals surface area contributed by atoms with Crippen LogP contribution in [0.3, 0.4) is 0 Å². The molecule has 6 nitrogen and oxygen atoms in total. The van der Waals surface area contributed by atoms with Gasteiger partial charge in [0.15, 0.2) is 0 Å². The molecule has 3 aromatic heterocycles. The van der Waals surface area contributed by atoms with E-state index in [9.17, 15) is 4.79 Å². The molecule has 0 aliphatic carbocycles. The molecule has 1 amide bonds. The number of carbonyl (C=O) groups excluding carboxylic acids is 1. The van der Waals surface area contributed by atoms with E-state index < -0.39 is 0 Å². The maximum Gasteiger partial charge on any atom is 0.236 e. The molecule has 0 unspecified atom stereocenters. The molecule has 0 radical (unpaired) electrons. The molecule has 0 atom stereocenters. The Balaban J connectivity index is 1.47. The maximum absolute atomic E-state index is 12.4. The first-order valence-corrected chi connectivity index (χ1v) is 8.97. The number of rotatable bonds is 5. The average molecular weight is 364 g/mol. The summed E-state index contributed by atoms with van der Waals surface area (Å²) in [7, 11) is 0. The Morgan fingerprint density at radius 2 is 2.19 bits per heavy atom. The number of nitrogens with one attached hydrogen (secondary N) is 1. The molecule has 0 bridgehead atoms. The van der Waals surface area contributed by atoms with Gasteiger partial charge in [-0.1, -0.05) is 12.1 Å². The van der Waals surface area contributed by atoms with Crippen molar-refractivity contribution in [3.05, 3.63) is 71.7 Å². The molecule has 130 valence electrons. The summed E-state index contributed by atoms with van der Waals surface area (Å²) in [6.07, 6.45) is 3.72. The van der Waals surface area contributed by atoms with Gasteiger partial charge in [-0.15, -0.1) is 11.3 Å². The van der Waals surface area contributed by atoms with Gasteiger partial charge in [0.2, 0.25) is 11.8 Å². The van der Waals surface area contributed by atoms with E-state index in [1.165, 1.54) is 0 Å². The minimum absolute atomic E-state index is 0.142. The Morgan fingerprint density at radius 3 is 2.96 bits per heavy atom. The van der Waals surface area contributed by atoms with Crippen molar-refractivity contribution in [2.24, 2.45) is 0 Å². The second kappa shape index (κ2) is 6.97. The van der Waals surface area contributed by atoms with Crippen molar-refractivity contribution in [1.82, 2.24) is 14.8 Å². The van der Waals surface area contributed by atoms with Gasteiger partial charge in [0.05, 0.1) is 22.7 Å². The summed E-state index contributed by atoms with van der Waals surface area (Å²) < 4.78 is 7.43. The smallest absolute Gasteiger partial charge is 0.236 e. The SMILES string of the molecule is Cc1oc(-c2cccs2)nc1CC(=O)Nc1cccc(-n2cccn2)c1. The fourth-order valence-electron chi connectivity index (χ4n) is 2.60. The lowest BCUT2D eigenvalue weighted by molar-refractivity contribution is -0.115. The third-order valence-electron chi connectivity index (χ3n) is 3.85. The van der Waals surface area contributed by atoms with E-state index in [4.69, 9.17) is 4.42 Å². The van der Waals surface area contributed by atoms with Crippen molar-refractivity contribution < 1.29 is 9.21 Å². The summed E-state index contributed by atoms with van der Waals surface area (Å²) in [6.45, 7) is 1.82. The summed E-state index contributed by atoms with van der Waals surface area (Å²) >= 11 is 1.55. The minimum Gasteiger partial charge on any atom is -0.440 e. The van der Waals surface area contributed by atoms with Gasteiger partial charge in [-0.3, -0.25) is 4.79 Å². The normalized spacial score (nSPS) is 10.8. The lowest BCUT2D eigenvalue weighted by Gasteiger charge is -2.07. The third kappa shape index (κ3) is 3.43. The van der Waals surface area contributed by atoms with Crippen LogP contribution in [0.1, 0.15) is 11.5 Å². The molecular formula is C19H16N4O2S. The highest BCUT2D eigenvalue weighted by molar-refractivity contribution is 7.13. The molecule has 1 aromatic carbocycles. The molecule has 0 saturated carbocycles. The van der Waals surface area contributed by atoms with Crippen LogP contribution in [-0.4, -0.2) is 20.7 Å². The number of amides is 1. The lowest BCUT2D eigenvalue weighted by atomic mass is 10.2. The molecule has 26 heavy (non-hydrogen) atoms. The molecule has 1 N–H and O–H groups in total. The first-order chi connectivity index (χ1) is 12.7. The predicted octanol–water partition coefficient (Wildman–Crippen LogP) is 4.08. The van der Waals surface area contributed by atoms with Gasteiger partial charge in [-0.25, -0.2) is 9.67 Å². The first-order valence-electron chi connectivity index (χ1n) is 8.09. The standard InChI is InChI=1S/C19H16N4O2S/c1-13-16(22-19(25-13)17-7-3-10-26-17)12-18(24)21-14-5-2-6-15(11-14)23-9-4-8-20-23/h2-11H,12H2,1H3,(H,21,24). The van der Waals surface area contributed by atoms with Gasteiger partial charge in [-0.05, 0) is 42.6 Å². The summed E-state index contributed by atoms with van der Waals surface area (Å²) in [5.41, 5.74) is 2.24. The highest BCUT2D eigenvalue weighted by Gasteiger charge is 2.15. The van der Waals surface area contributed by atoms with E-state index in [0.29, 0.717) is 23.0 Å². The zero-order valence-corrected chi connectivity index (χ0v) is 14.9. The largest absolute Gasteiger partial charge is 0.440 e. The number of nitrogens with zero attached hydrogens (tertiary/aromatic N) is 3. The zero-order valence-electron chi connectivity index (χ0n) is 14.0. The molecule has 0 saturated heterocycles. The second-order valence-corrected chi connectivity index (χ2v) is 6.67. The lowest BCUT2D eigenvalue weighted by Crippen LogP contribution is -2.15.